The lowest BCUT2D eigenvalue weighted by molar-refractivity contribution is -0.128. The zero-order chi connectivity index (χ0) is 20.4. The van der Waals surface area contributed by atoms with Crippen molar-refractivity contribution < 1.29 is 14.0 Å². The summed E-state index contributed by atoms with van der Waals surface area (Å²) in [6.45, 7) is 2.30. The molecule has 1 N–H and O–H groups in total. The van der Waals surface area contributed by atoms with E-state index in [1.807, 2.05) is 31.2 Å². The lowest BCUT2D eigenvalue weighted by atomic mass is 10.2. The van der Waals surface area contributed by atoms with Gasteiger partial charge < -0.3 is 5.32 Å². The largest absolute Gasteiger partial charge is 0.324 e. The molecular weight excluding hydrogens is 411 g/mol. The van der Waals surface area contributed by atoms with Crippen LogP contribution in [-0.4, -0.2) is 38.7 Å². The third kappa shape index (κ3) is 4.15. The molecule has 4 rings (SSSR count). The number of benzene rings is 2. The standard InChI is InChI=1S/C20H17FN4O2S2/c1-2-25-18(27)16(11-17(26)22-13-8-4-3-7-12(13)21)29-20(25)24-19-23-14-9-5-6-10-15(14)28-19/h3-10,16H,2,11H2,1H3,(H,22,26)/t16-/m0/s1. The lowest BCUT2D eigenvalue weighted by Gasteiger charge is -2.13. The maximum Gasteiger partial charge on any atom is 0.242 e. The van der Waals surface area contributed by atoms with Crippen LogP contribution in [0.1, 0.15) is 13.3 Å². The molecule has 0 bridgehead atoms. The highest BCUT2D eigenvalue weighted by atomic mass is 32.2. The monoisotopic (exact) mass is 428 g/mol. The summed E-state index contributed by atoms with van der Waals surface area (Å²) in [5.41, 5.74) is 0.957. The fourth-order valence-corrected chi connectivity index (χ4v) is 5.04. The van der Waals surface area contributed by atoms with Gasteiger partial charge in [0.05, 0.1) is 15.9 Å². The third-order valence-electron chi connectivity index (χ3n) is 4.33. The molecule has 2 aromatic carbocycles. The number of carbonyl (C=O) groups is 2. The minimum atomic E-state index is -0.602. The number of halogens is 1. The summed E-state index contributed by atoms with van der Waals surface area (Å²) in [5, 5.41) is 3.02. The first-order valence-electron chi connectivity index (χ1n) is 9.02. The number of hydrogen-bond acceptors (Lipinski definition) is 6. The Morgan fingerprint density at radius 3 is 2.76 bits per heavy atom. The summed E-state index contributed by atoms with van der Waals surface area (Å²) >= 11 is 2.68. The molecule has 0 unspecified atom stereocenters. The van der Waals surface area contributed by atoms with E-state index < -0.39 is 17.0 Å². The number of nitrogens with zero attached hydrogens (tertiary/aromatic N) is 3. The molecule has 1 aliphatic rings. The summed E-state index contributed by atoms with van der Waals surface area (Å²) in [7, 11) is 0. The minimum absolute atomic E-state index is 0.0623. The number of hydrogen-bond donors (Lipinski definition) is 1. The van der Waals surface area contributed by atoms with Crippen molar-refractivity contribution in [1.29, 1.82) is 0 Å². The first kappa shape index (κ1) is 19.5. The van der Waals surface area contributed by atoms with Gasteiger partial charge in [-0.1, -0.05) is 47.4 Å². The van der Waals surface area contributed by atoms with Gasteiger partial charge in [-0.2, -0.15) is 4.99 Å². The normalized spacial score (nSPS) is 18.0. The van der Waals surface area contributed by atoms with Crippen LogP contribution in [0.2, 0.25) is 0 Å². The number of aromatic nitrogens is 1. The number of amidine groups is 1. The van der Waals surface area contributed by atoms with Crippen molar-refractivity contribution in [3.8, 4) is 0 Å². The highest BCUT2D eigenvalue weighted by molar-refractivity contribution is 8.15. The predicted molar refractivity (Wildman–Crippen MR) is 115 cm³/mol. The number of para-hydroxylation sites is 2. The van der Waals surface area contributed by atoms with E-state index in [4.69, 9.17) is 0 Å². The maximum absolute atomic E-state index is 13.7. The molecule has 3 aromatic rings. The highest BCUT2D eigenvalue weighted by Crippen LogP contribution is 2.34. The number of carbonyl (C=O) groups excluding carboxylic acids is 2. The van der Waals surface area contributed by atoms with Gasteiger partial charge in [0.2, 0.25) is 16.9 Å². The first-order chi connectivity index (χ1) is 14.0. The molecule has 0 radical (unpaired) electrons. The Labute approximate surface area is 174 Å². The number of amides is 2. The number of aliphatic imine (C=N–C) groups is 1. The topological polar surface area (TPSA) is 74.7 Å². The molecule has 1 atom stereocenters. The fourth-order valence-electron chi connectivity index (χ4n) is 2.94. The van der Waals surface area contributed by atoms with Crippen LogP contribution in [0.3, 0.4) is 0 Å². The molecule has 2 amide bonds. The van der Waals surface area contributed by atoms with Gasteiger partial charge in [-0.3, -0.25) is 14.5 Å². The molecule has 1 saturated heterocycles. The van der Waals surface area contributed by atoms with E-state index in [9.17, 15) is 14.0 Å². The molecule has 1 aliphatic heterocycles. The van der Waals surface area contributed by atoms with Gasteiger partial charge in [-0.25, -0.2) is 9.37 Å². The van der Waals surface area contributed by atoms with Gasteiger partial charge in [-0.05, 0) is 31.2 Å². The van der Waals surface area contributed by atoms with E-state index in [1.54, 1.807) is 17.0 Å². The van der Waals surface area contributed by atoms with Crippen LogP contribution in [0.15, 0.2) is 53.5 Å². The number of rotatable bonds is 5. The quantitative estimate of drug-likeness (QED) is 0.653. The zero-order valence-corrected chi connectivity index (χ0v) is 17.1. The Bertz CT molecular complexity index is 1080. The Balaban J connectivity index is 1.50. The summed E-state index contributed by atoms with van der Waals surface area (Å²) in [6, 6.07) is 13.7. The van der Waals surface area contributed by atoms with Crippen molar-refractivity contribution in [2.24, 2.45) is 4.99 Å². The van der Waals surface area contributed by atoms with E-state index >= 15 is 0 Å². The molecule has 2 heterocycles. The molecule has 9 heteroatoms. The first-order valence-corrected chi connectivity index (χ1v) is 10.7. The maximum atomic E-state index is 13.7. The molecule has 0 aliphatic carbocycles. The van der Waals surface area contributed by atoms with Gasteiger partial charge >= 0.3 is 0 Å². The van der Waals surface area contributed by atoms with Crippen LogP contribution < -0.4 is 5.32 Å². The second-order valence-corrected chi connectivity index (χ2v) is 8.46. The molecule has 148 valence electrons. The van der Waals surface area contributed by atoms with Gasteiger partial charge in [-0.15, -0.1) is 0 Å². The van der Waals surface area contributed by atoms with Crippen molar-refractivity contribution in [3.63, 3.8) is 0 Å². The third-order valence-corrected chi connectivity index (χ3v) is 6.43. The van der Waals surface area contributed by atoms with Gasteiger partial charge in [0.25, 0.3) is 0 Å². The summed E-state index contributed by atoms with van der Waals surface area (Å²) < 4.78 is 14.7. The molecular formula is C20H17FN4O2S2. The average Bonchev–Trinajstić information content (AvgIpc) is 3.24. The minimum Gasteiger partial charge on any atom is -0.324 e. The van der Waals surface area contributed by atoms with Gasteiger partial charge in [0.1, 0.15) is 11.1 Å². The highest BCUT2D eigenvalue weighted by Gasteiger charge is 2.38. The zero-order valence-electron chi connectivity index (χ0n) is 15.5. The number of thiazole rings is 1. The fraction of sp³-hybridized carbons (Fsp3) is 0.200. The second-order valence-electron chi connectivity index (χ2n) is 6.28. The molecule has 0 saturated carbocycles. The van der Waals surface area contributed by atoms with E-state index in [1.165, 1.54) is 35.2 Å². The molecule has 29 heavy (non-hydrogen) atoms. The number of anilines is 1. The van der Waals surface area contributed by atoms with Crippen molar-refractivity contribution in [2.45, 2.75) is 18.6 Å². The average molecular weight is 429 g/mol. The van der Waals surface area contributed by atoms with Crippen LogP contribution >= 0.6 is 23.1 Å². The molecule has 1 aromatic heterocycles. The Morgan fingerprint density at radius 1 is 1.24 bits per heavy atom. The Morgan fingerprint density at radius 2 is 2.00 bits per heavy atom. The lowest BCUT2D eigenvalue weighted by Crippen LogP contribution is -2.33. The van der Waals surface area contributed by atoms with Crippen LogP contribution in [0.25, 0.3) is 10.2 Å². The van der Waals surface area contributed by atoms with E-state index in [2.05, 4.69) is 15.3 Å². The Hall–Kier alpha value is -2.78. The predicted octanol–water partition coefficient (Wildman–Crippen LogP) is 4.42. The van der Waals surface area contributed by atoms with E-state index in [-0.39, 0.29) is 18.0 Å². The molecule has 6 nitrogen and oxygen atoms in total. The second kappa shape index (κ2) is 8.30. The van der Waals surface area contributed by atoms with Gasteiger partial charge in [0, 0.05) is 13.0 Å². The molecule has 1 fully saturated rings. The Kier molecular flexibility index (Phi) is 5.59. The number of fused-ring (bicyclic) bond motifs is 1. The van der Waals surface area contributed by atoms with Crippen LogP contribution in [-0.2, 0) is 9.59 Å². The smallest absolute Gasteiger partial charge is 0.242 e. The summed E-state index contributed by atoms with van der Waals surface area (Å²) in [4.78, 5) is 35.6. The summed E-state index contributed by atoms with van der Waals surface area (Å²) in [6.07, 6.45) is -0.0623. The van der Waals surface area contributed by atoms with Crippen molar-refractivity contribution in [2.75, 3.05) is 11.9 Å². The van der Waals surface area contributed by atoms with Crippen molar-refractivity contribution in [3.05, 3.63) is 54.3 Å². The van der Waals surface area contributed by atoms with Crippen molar-refractivity contribution >= 4 is 61.1 Å². The van der Waals surface area contributed by atoms with Crippen LogP contribution in [0, 0.1) is 5.82 Å². The number of thioether (sulfide) groups is 1. The molecule has 0 spiro atoms. The van der Waals surface area contributed by atoms with E-state index in [0.717, 1.165) is 10.2 Å². The van der Waals surface area contributed by atoms with Gasteiger partial charge in [0.15, 0.2) is 5.17 Å². The van der Waals surface area contributed by atoms with Crippen LogP contribution in [0.5, 0.6) is 0 Å². The SMILES string of the molecule is CCN1C(=O)[C@H](CC(=O)Nc2ccccc2F)SC1=Nc1nc2ccccc2s1. The van der Waals surface area contributed by atoms with Crippen molar-refractivity contribution in [1.82, 2.24) is 9.88 Å². The number of nitrogens with one attached hydrogen (secondary N) is 1. The van der Waals surface area contributed by atoms with Crippen LogP contribution in [0.4, 0.5) is 15.2 Å². The summed E-state index contributed by atoms with van der Waals surface area (Å²) in [5.74, 6) is -1.11. The van der Waals surface area contributed by atoms with E-state index in [0.29, 0.717) is 16.8 Å².